The van der Waals surface area contributed by atoms with E-state index in [-0.39, 0.29) is 0 Å². The van der Waals surface area contributed by atoms with Crippen LogP contribution < -0.4 is 5.32 Å². The van der Waals surface area contributed by atoms with Crippen molar-refractivity contribution in [3.05, 3.63) is 66.1 Å². The third kappa shape index (κ3) is 3.01. The number of nitriles is 1. The van der Waals surface area contributed by atoms with Crippen molar-refractivity contribution < 1.29 is 4.63 Å². The van der Waals surface area contributed by atoms with Crippen LogP contribution in [0.15, 0.2) is 59.6 Å². The molecular formula is C18H12N6O. The van der Waals surface area contributed by atoms with Crippen molar-refractivity contribution in [3.8, 4) is 17.3 Å². The van der Waals surface area contributed by atoms with Gasteiger partial charge in [-0.2, -0.15) is 5.26 Å². The minimum atomic E-state index is 0.583. The highest BCUT2D eigenvalue weighted by molar-refractivity contribution is 5.75. The molecule has 0 aliphatic heterocycles. The zero-order chi connectivity index (χ0) is 17.1. The molecule has 0 aliphatic carbocycles. The summed E-state index contributed by atoms with van der Waals surface area (Å²) in [7, 11) is 0. The Labute approximate surface area is 142 Å². The first kappa shape index (κ1) is 14.8. The summed E-state index contributed by atoms with van der Waals surface area (Å²) in [5, 5.41) is 19.9. The van der Waals surface area contributed by atoms with Crippen LogP contribution in [0, 0.1) is 11.3 Å². The van der Waals surface area contributed by atoms with Crippen LogP contribution >= 0.6 is 0 Å². The lowest BCUT2D eigenvalue weighted by Gasteiger charge is -2.11. The first-order valence-electron chi connectivity index (χ1n) is 7.59. The molecule has 2 aromatic carbocycles. The Kier molecular flexibility index (Phi) is 3.77. The van der Waals surface area contributed by atoms with Crippen LogP contribution in [-0.4, -0.2) is 20.3 Å². The molecule has 0 saturated carbocycles. The van der Waals surface area contributed by atoms with Gasteiger partial charge in [-0.25, -0.2) is 14.6 Å². The van der Waals surface area contributed by atoms with E-state index in [1.807, 2.05) is 30.3 Å². The van der Waals surface area contributed by atoms with E-state index in [0.717, 1.165) is 33.5 Å². The SMILES string of the molecule is N#Cc1ccc(-c2ncncc2NCc2ccc3nonc3c2)cc1. The molecule has 4 rings (SSSR count). The van der Waals surface area contributed by atoms with Crippen LogP contribution in [0.2, 0.25) is 0 Å². The second-order valence-corrected chi connectivity index (χ2v) is 5.42. The average molecular weight is 328 g/mol. The van der Waals surface area contributed by atoms with E-state index in [4.69, 9.17) is 9.89 Å². The molecule has 2 heterocycles. The Morgan fingerprint density at radius 3 is 2.72 bits per heavy atom. The maximum atomic E-state index is 8.92. The molecule has 0 amide bonds. The lowest BCUT2D eigenvalue weighted by Crippen LogP contribution is -2.02. The van der Waals surface area contributed by atoms with Gasteiger partial charge in [0.2, 0.25) is 0 Å². The molecule has 0 bridgehead atoms. The number of hydrogen-bond acceptors (Lipinski definition) is 7. The van der Waals surface area contributed by atoms with E-state index in [1.54, 1.807) is 18.3 Å². The van der Waals surface area contributed by atoms with Crippen molar-refractivity contribution in [2.24, 2.45) is 0 Å². The Morgan fingerprint density at radius 2 is 1.88 bits per heavy atom. The summed E-state index contributed by atoms with van der Waals surface area (Å²) in [6.45, 7) is 0.583. The second kappa shape index (κ2) is 6.37. The number of nitrogens with zero attached hydrogens (tertiary/aromatic N) is 5. The monoisotopic (exact) mass is 328 g/mol. The molecule has 0 radical (unpaired) electrons. The van der Waals surface area contributed by atoms with Gasteiger partial charge < -0.3 is 5.32 Å². The van der Waals surface area contributed by atoms with Crippen LogP contribution in [0.5, 0.6) is 0 Å². The van der Waals surface area contributed by atoms with Crippen LogP contribution in [-0.2, 0) is 6.54 Å². The van der Waals surface area contributed by atoms with Gasteiger partial charge in [-0.05, 0) is 40.1 Å². The second-order valence-electron chi connectivity index (χ2n) is 5.42. The van der Waals surface area contributed by atoms with Crippen LogP contribution in [0.1, 0.15) is 11.1 Å². The summed E-state index contributed by atoms with van der Waals surface area (Å²) < 4.78 is 4.72. The topological polar surface area (TPSA) is 101 Å². The van der Waals surface area contributed by atoms with Crippen molar-refractivity contribution in [1.29, 1.82) is 5.26 Å². The summed E-state index contributed by atoms with van der Waals surface area (Å²) >= 11 is 0. The van der Waals surface area contributed by atoms with Gasteiger partial charge in [-0.15, -0.1) is 0 Å². The van der Waals surface area contributed by atoms with Gasteiger partial charge in [0, 0.05) is 12.1 Å². The standard InChI is InChI=1S/C18H12N6O/c19-8-12-1-4-14(5-2-12)18-17(10-20-11-22-18)21-9-13-3-6-15-16(7-13)24-25-23-15/h1-7,10-11,21H,9H2. The fraction of sp³-hybridized carbons (Fsp3) is 0.0556. The van der Waals surface area contributed by atoms with Gasteiger partial charge in [-0.3, -0.25) is 0 Å². The third-order valence-corrected chi connectivity index (χ3v) is 3.80. The van der Waals surface area contributed by atoms with Gasteiger partial charge in [0.25, 0.3) is 0 Å². The molecule has 1 N–H and O–H groups in total. The predicted octanol–water partition coefficient (Wildman–Crippen LogP) is 3.16. The molecule has 4 aromatic rings. The molecule has 0 fully saturated rings. The third-order valence-electron chi connectivity index (χ3n) is 3.80. The Balaban J connectivity index is 1.59. The van der Waals surface area contributed by atoms with Gasteiger partial charge >= 0.3 is 0 Å². The highest BCUT2D eigenvalue weighted by Gasteiger charge is 2.08. The normalized spacial score (nSPS) is 10.5. The maximum Gasteiger partial charge on any atom is 0.135 e. The highest BCUT2D eigenvalue weighted by atomic mass is 16.6. The maximum absolute atomic E-state index is 8.92. The van der Waals surface area contributed by atoms with Crippen LogP contribution in [0.25, 0.3) is 22.3 Å². The lowest BCUT2D eigenvalue weighted by atomic mass is 10.1. The van der Waals surface area contributed by atoms with Crippen LogP contribution in [0.3, 0.4) is 0 Å². The summed E-state index contributed by atoms with van der Waals surface area (Å²) in [5.41, 5.74) is 5.61. The molecule has 0 saturated heterocycles. The Morgan fingerprint density at radius 1 is 1.04 bits per heavy atom. The van der Waals surface area contributed by atoms with E-state index in [2.05, 4.69) is 31.7 Å². The zero-order valence-corrected chi connectivity index (χ0v) is 13.0. The average Bonchev–Trinajstić information content (AvgIpc) is 3.14. The van der Waals surface area contributed by atoms with E-state index in [1.165, 1.54) is 6.33 Å². The molecule has 0 atom stereocenters. The molecule has 2 aromatic heterocycles. The Hall–Kier alpha value is -3.79. The van der Waals surface area contributed by atoms with Crippen molar-refractivity contribution in [3.63, 3.8) is 0 Å². The number of fused-ring (bicyclic) bond motifs is 1. The summed E-state index contributed by atoms with van der Waals surface area (Å²) in [4.78, 5) is 8.46. The highest BCUT2D eigenvalue weighted by Crippen LogP contribution is 2.25. The van der Waals surface area contributed by atoms with Gasteiger partial charge in [-0.1, -0.05) is 18.2 Å². The lowest BCUT2D eigenvalue weighted by molar-refractivity contribution is 0.315. The van der Waals surface area contributed by atoms with E-state index >= 15 is 0 Å². The van der Waals surface area contributed by atoms with Crippen molar-refractivity contribution in [1.82, 2.24) is 20.3 Å². The fourth-order valence-electron chi connectivity index (χ4n) is 2.53. The molecule has 7 heteroatoms. The van der Waals surface area contributed by atoms with Crippen molar-refractivity contribution in [2.75, 3.05) is 5.32 Å². The van der Waals surface area contributed by atoms with Crippen LogP contribution in [0.4, 0.5) is 5.69 Å². The predicted molar refractivity (Wildman–Crippen MR) is 91.3 cm³/mol. The van der Waals surface area contributed by atoms with Gasteiger partial charge in [0.05, 0.1) is 29.2 Å². The summed E-state index contributed by atoms with van der Waals surface area (Å²) in [5.74, 6) is 0. The fourth-order valence-corrected chi connectivity index (χ4v) is 2.53. The van der Waals surface area contributed by atoms with E-state index in [9.17, 15) is 0 Å². The summed E-state index contributed by atoms with van der Waals surface area (Å²) in [6, 6.07) is 15.2. The zero-order valence-electron chi connectivity index (χ0n) is 13.0. The van der Waals surface area contributed by atoms with E-state index in [0.29, 0.717) is 12.1 Å². The smallest absolute Gasteiger partial charge is 0.135 e. The largest absolute Gasteiger partial charge is 0.378 e. The molecule has 25 heavy (non-hydrogen) atoms. The molecule has 7 nitrogen and oxygen atoms in total. The van der Waals surface area contributed by atoms with Gasteiger partial charge in [0.15, 0.2) is 0 Å². The number of anilines is 1. The number of aromatic nitrogens is 4. The number of hydrogen-bond donors (Lipinski definition) is 1. The van der Waals surface area contributed by atoms with Gasteiger partial charge in [0.1, 0.15) is 17.4 Å². The molecular weight excluding hydrogens is 316 g/mol. The quantitative estimate of drug-likeness (QED) is 0.614. The van der Waals surface area contributed by atoms with E-state index < -0.39 is 0 Å². The molecule has 0 unspecified atom stereocenters. The number of nitrogens with one attached hydrogen (secondary N) is 1. The molecule has 0 aliphatic rings. The molecule has 120 valence electrons. The summed E-state index contributed by atoms with van der Waals surface area (Å²) in [6.07, 6.45) is 3.24. The van der Waals surface area contributed by atoms with Crippen molar-refractivity contribution >= 4 is 16.7 Å². The minimum absolute atomic E-state index is 0.583. The number of benzene rings is 2. The van der Waals surface area contributed by atoms with Crippen molar-refractivity contribution in [2.45, 2.75) is 6.54 Å². The number of rotatable bonds is 4. The molecule has 0 spiro atoms. The Bertz CT molecular complexity index is 1060. The minimum Gasteiger partial charge on any atom is -0.378 e. The first-order chi connectivity index (χ1) is 12.3. The first-order valence-corrected chi connectivity index (χ1v) is 7.59.